The summed E-state index contributed by atoms with van der Waals surface area (Å²) in [6.45, 7) is 0. The summed E-state index contributed by atoms with van der Waals surface area (Å²) < 4.78 is 0. The van der Waals surface area contributed by atoms with E-state index in [2.05, 4.69) is 5.32 Å². The van der Waals surface area contributed by atoms with Crippen molar-refractivity contribution in [2.75, 3.05) is 0 Å². The molecular formula is C15H11Cl2NO. The maximum Gasteiger partial charge on any atom is 0.252 e. The fraction of sp³-hybridized carbons (Fsp3) is 0.133. The molecule has 1 unspecified atom stereocenters. The minimum Gasteiger partial charge on any atom is -0.345 e. The van der Waals surface area contributed by atoms with Crippen LogP contribution in [0.25, 0.3) is 0 Å². The Morgan fingerprint density at radius 2 is 1.89 bits per heavy atom. The second-order valence-corrected chi connectivity index (χ2v) is 5.40. The Balaban J connectivity index is 1.99. The zero-order chi connectivity index (χ0) is 13.4. The third-order valence-electron chi connectivity index (χ3n) is 3.33. The molecule has 3 rings (SSSR count). The summed E-state index contributed by atoms with van der Waals surface area (Å²) in [7, 11) is 0. The number of hydrogen-bond donors (Lipinski definition) is 1. The normalized spacial score (nSPS) is 17.8. The van der Waals surface area contributed by atoms with Gasteiger partial charge < -0.3 is 5.32 Å². The third-order valence-corrected chi connectivity index (χ3v) is 3.89. The van der Waals surface area contributed by atoms with Gasteiger partial charge in [0.25, 0.3) is 5.91 Å². The Morgan fingerprint density at radius 1 is 1.11 bits per heavy atom. The lowest BCUT2D eigenvalue weighted by Crippen LogP contribution is -2.35. The number of halogens is 2. The number of carbonyl (C=O) groups is 1. The van der Waals surface area contributed by atoms with Crippen LogP contribution in [0.15, 0.2) is 42.5 Å². The Kier molecular flexibility index (Phi) is 3.21. The number of hydrogen-bond acceptors (Lipinski definition) is 1. The largest absolute Gasteiger partial charge is 0.345 e. The Morgan fingerprint density at radius 3 is 2.68 bits per heavy atom. The fourth-order valence-electron chi connectivity index (χ4n) is 2.40. The smallest absolute Gasteiger partial charge is 0.252 e. The van der Waals surface area contributed by atoms with Crippen LogP contribution in [-0.2, 0) is 6.42 Å². The van der Waals surface area contributed by atoms with Crippen LogP contribution in [0.4, 0.5) is 0 Å². The van der Waals surface area contributed by atoms with E-state index in [1.165, 1.54) is 0 Å². The van der Waals surface area contributed by atoms with Gasteiger partial charge in [-0.15, -0.1) is 0 Å². The molecule has 0 fully saturated rings. The van der Waals surface area contributed by atoms with Crippen molar-refractivity contribution < 1.29 is 4.79 Å². The second-order valence-electron chi connectivity index (χ2n) is 4.55. The van der Waals surface area contributed by atoms with E-state index in [1.54, 1.807) is 12.1 Å². The van der Waals surface area contributed by atoms with Gasteiger partial charge in [-0.05, 0) is 35.7 Å². The van der Waals surface area contributed by atoms with Crippen molar-refractivity contribution in [1.82, 2.24) is 5.32 Å². The SMILES string of the molecule is O=C1NC(c2ccc(Cl)cc2Cl)Cc2ccccc21. The van der Waals surface area contributed by atoms with Gasteiger partial charge in [0.15, 0.2) is 0 Å². The predicted octanol–water partition coefficient (Wildman–Crippen LogP) is 4.02. The molecule has 0 aliphatic carbocycles. The van der Waals surface area contributed by atoms with E-state index in [1.807, 2.05) is 30.3 Å². The lowest BCUT2D eigenvalue weighted by Gasteiger charge is -2.26. The molecule has 2 aromatic rings. The van der Waals surface area contributed by atoms with Crippen molar-refractivity contribution in [2.45, 2.75) is 12.5 Å². The topological polar surface area (TPSA) is 29.1 Å². The van der Waals surface area contributed by atoms with Crippen molar-refractivity contribution in [3.05, 3.63) is 69.2 Å². The lowest BCUT2D eigenvalue weighted by molar-refractivity contribution is 0.0925. The maximum absolute atomic E-state index is 12.1. The van der Waals surface area contributed by atoms with Crippen LogP contribution in [-0.4, -0.2) is 5.91 Å². The molecule has 1 aliphatic rings. The quantitative estimate of drug-likeness (QED) is 0.845. The Hall–Kier alpha value is -1.51. The molecule has 0 saturated heterocycles. The molecule has 1 aliphatic heterocycles. The van der Waals surface area contributed by atoms with E-state index in [0.717, 1.165) is 23.1 Å². The van der Waals surface area contributed by atoms with Gasteiger partial charge in [-0.2, -0.15) is 0 Å². The predicted molar refractivity (Wildman–Crippen MR) is 76.8 cm³/mol. The zero-order valence-electron chi connectivity index (χ0n) is 9.99. The first kappa shape index (κ1) is 12.5. The summed E-state index contributed by atoms with van der Waals surface area (Å²) in [6.07, 6.45) is 0.739. The van der Waals surface area contributed by atoms with Crippen molar-refractivity contribution in [3.63, 3.8) is 0 Å². The molecule has 1 amide bonds. The highest BCUT2D eigenvalue weighted by molar-refractivity contribution is 6.35. The van der Waals surface area contributed by atoms with E-state index >= 15 is 0 Å². The van der Waals surface area contributed by atoms with E-state index < -0.39 is 0 Å². The minimum absolute atomic E-state index is 0.0575. The van der Waals surface area contributed by atoms with E-state index in [0.29, 0.717) is 10.0 Å². The molecule has 0 aromatic heterocycles. The number of nitrogens with one attached hydrogen (secondary N) is 1. The molecule has 0 saturated carbocycles. The lowest BCUT2D eigenvalue weighted by atomic mass is 9.91. The van der Waals surface area contributed by atoms with Gasteiger partial charge >= 0.3 is 0 Å². The van der Waals surface area contributed by atoms with Crippen molar-refractivity contribution >= 4 is 29.1 Å². The van der Waals surface area contributed by atoms with Gasteiger partial charge in [-0.3, -0.25) is 4.79 Å². The number of benzene rings is 2. The van der Waals surface area contributed by atoms with Gasteiger partial charge in [0.2, 0.25) is 0 Å². The summed E-state index contributed by atoms with van der Waals surface area (Å²) in [4.78, 5) is 12.1. The number of fused-ring (bicyclic) bond motifs is 1. The summed E-state index contributed by atoms with van der Waals surface area (Å²) in [6, 6.07) is 12.9. The standard InChI is InChI=1S/C15H11Cl2NO/c16-10-5-6-12(13(17)8-10)14-7-9-3-1-2-4-11(9)15(19)18-14/h1-6,8,14H,7H2,(H,18,19). The van der Waals surface area contributed by atoms with Gasteiger partial charge in [0.05, 0.1) is 6.04 Å². The molecule has 1 atom stereocenters. The third kappa shape index (κ3) is 2.34. The van der Waals surface area contributed by atoms with Crippen molar-refractivity contribution in [3.8, 4) is 0 Å². The molecule has 4 heteroatoms. The van der Waals surface area contributed by atoms with Gasteiger partial charge in [-0.1, -0.05) is 47.5 Å². The van der Waals surface area contributed by atoms with Crippen molar-refractivity contribution in [1.29, 1.82) is 0 Å². The Bertz CT molecular complexity index is 654. The molecule has 1 heterocycles. The molecule has 0 bridgehead atoms. The zero-order valence-corrected chi connectivity index (χ0v) is 11.5. The van der Waals surface area contributed by atoms with Gasteiger partial charge in [0.1, 0.15) is 0 Å². The van der Waals surface area contributed by atoms with E-state index in [4.69, 9.17) is 23.2 Å². The van der Waals surface area contributed by atoms with Gasteiger partial charge in [-0.25, -0.2) is 0 Å². The molecule has 2 aromatic carbocycles. The van der Waals surface area contributed by atoms with E-state index in [9.17, 15) is 4.79 Å². The second kappa shape index (κ2) is 4.87. The van der Waals surface area contributed by atoms with E-state index in [-0.39, 0.29) is 11.9 Å². The summed E-state index contributed by atoms with van der Waals surface area (Å²) >= 11 is 12.1. The molecular weight excluding hydrogens is 281 g/mol. The average Bonchev–Trinajstić information content (AvgIpc) is 2.38. The number of amides is 1. The first-order valence-electron chi connectivity index (χ1n) is 5.99. The molecule has 1 N–H and O–H groups in total. The number of carbonyl (C=O) groups excluding carboxylic acids is 1. The van der Waals surface area contributed by atoms with Crippen LogP contribution in [0, 0.1) is 0 Å². The van der Waals surface area contributed by atoms with Crippen LogP contribution in [0.5, 0.6) is 0 Å². The Labute approximate surface area is 121 Å². The highest BCUT2D eigenvalue weighted by Crippen LogP contribution is 2.31. The highest BCUT2D eigenvalue weighted by Gasteiger charge is 2.26. The van der Waals surface area contributed by atoms with Crippen LogP contribution in [0.3, 0.4) is 0 Å². The summed E-state index contributed by atoms with van der Waals surface area (Å²) in [5.41, 5.74) is 2.68. The minimum atomic E-state index is -0.104. The first-order chi connectivity index (χ1) is 9.15. The van der Waals surface area contributed by atoms with Gasteiger partial charge in [0, 0.05) is 15.6 Å². The molecule has 96 valence electrons. The van der Waals surface area contributed by atoms with Crippen LogP contribution >= 0.6 is 23.2 Å². The molecule has 0 radical (unpaired) electrons. The van der Waals surface area contributed by atoms with Crippen LogP contribution < -0.4 is 5.32 Å². The molecule has 19 heavy (non-hydrogen) atoms. The molecule has 0 spiro atoms. The first-order valence-corrected chi connectivity index (χ1v) is 6.74. The monoisotopic (exact) mass is 291 g/mol. The summed E-state index contributed by atoms with van der Waals surface area (Å²) in [5.74, 6) is -0.0575. The number of rotatable bonds is 1. The highest BCUT2D eigenvalue weighted by atomic mass is 35.5. The van der Waals surface area contributed by atoms with Crippen molar-refractivity contribution in [2.24, 2.45) is 0 Å². The molecule has 2 nitrogen and oxygen atoms in total. The van der Waals surface area contributed by atoms with Crippen LogP contribution in [0.2, 0.25) is 10.0 Å². The fourth-order valence-corrected chi connectivity index (χ4v) is 2.94. The maximum atomic E-state index is 12.1. The van der Waals surface area contributed by atoms with Crippen LogP contribution in [0.1, 0.15) is 27.5 Å². The average molecular weight is 292 g/mol. The summed E-state index contributed by atoms with van der Waals surface area (Å²) in [5, 5.41) is 4.16.